The van der Waals surface area contributed by atoms with Crippen LogP contribution in [-0.2, 0) is 39.6 Å². The van der Waals surface area contributed by atoms with Crippen LogP contribution in [0.3, 0.4) is 0 Å². The first-order chi connectivity index (χ1) is 15.4. The number of ether oxygens (including phenoxy) is 4. The number of aliphatic hydroxyl groups is 1. The first-order valence-electron chi connectivity index (χ1n) is 10.9. The Morgan fingerprint density at radius 3 is 2.30 bits per heavy atom. The Morgan fingerprint density at radius 1 is 1.12 bits per heavy atom. The lowest BCUT2D eigenvalue weighted by Crippen LogP contribution is -2.64. The number of hydrogen-bond donors (Lipinski definition) is 1. The second-order valence-electron chi connectivity index (χ2n) is 9.56. The molecule has 0 aliphatic carbocycles. The summed E-state index contributed by atoms with van der Waals surface area (Å²) in [7, 11) is -2.41. The van der Waals surface area contributed by atoms with E-state index in [1.807, 2.05) is 30.3 Å². The van der Waals surface area contributed by atoms with Crippen LogP contribution in [0.1, 0.15) is 33.3 Å². The maximum absolute atomic E-state index is 11.8. The molecule has 1 fully saturated rings. The molecule has 0 spiro atoms. The zero-order chi connectivity index (χ0) is 24.8. The van der Waals surface area contributed by atoms with E-state index in [1.54, 1.807) is 0 Å². The van der Waals surface area contributed by atoms with Gasteiger partial charge in [-0.25, -0.2) is 0 Å². The van der Waals surface area contributed by atoms with Crippen LogP contribution >= 0.6 is 11.6 Å². The van der Waals surface area contributed by atoms with Gasteiger partial charge in [0, 0.05) is 6.92 Å². The molecular formula is C23H35ClO8Si. The van der Waals surface area contributed by atoms with Crippen LogP contribution in [0.2, 0.25) is 18.1 Å². The number of hydrogen-bond acceptors (Lipinski definition) is 8. The van der Waals surface area contributed by atoms with Crippen LogP contribution in [-0.4, -0.2) is 68.6 Å². The Kier molecular flexibility index (Phi) is 9.90. The van der Waals surface area contributed by atoms with E-state index in [2.05, 4.69) is 33.9 Å². The number of carbonyl (C=O) groups is 2. The molecule has 0 unspecified atom stereocenters. The summed E-state index contributed by atoms with van der Waals surface area (Å²) in [4.78, 5) is 23.5. The molecule has 0 amide bonds. The lowest BCUT2D eigenvalue weighted by molar-refractivity contribution is -0.296. The Morgan fingerprint density at radius 2 is 1.76 bits per heavy atom. The number of alkyl halides is 1. The summed E-state index contributed by atoms with van der Waals surface area (Å²) in [5.74, 6) is -1.52. The fourth-order valence-corrected chi connectivity index (χ4v) is 4.56. The molecule has 1 aromatic carbocycles. The van der Waals surface area contributed by atoms with Crippen molar-refractivity contribution in [3.8, 4) is 0 Å². The molecule has 5 atom stereocenters. The average Bonchev–Trinajstić information content (AvgIpc) is 2.73. The average molecular weight is 503 g/mol. The Bertz CT molecular complexity index is 782. The van der Waals surface area contributed by atoms with E-state index in [0.29, 0.717) is 0 Å². The number of rotatable bonds is 9. The lowest BCUT2D eigenvalue weighted by atomic mass is 9.98. The molecule has 0 saturated carbocycles. The van der Waals surface area contributed by atoms with E-state index < -0.39 is 51.0 Å². The van der Waals surface area contributed by atoms with Crippen molar-refractivity contribution in [3.05, 3.63) is 35.9 Å². The molecule has 33 heavy (non-hydrogen) atoms. The minimum absolute atomic E-state index is 0.165. The molecule has 1 aliphatic rings. The Balaban J connectivity index is 2.40. The zero-order valence-corrected chi connectivity index (χ0v) is 21.8. The second kappa shape index (κ2) is 11.8. The molecule has 8 nitrogen and oxygen atoms in total. The highest BCUT2D eigenvalue weighted by Gasteiger charge is 2.52. The van der Waals surface area contributed by atoms with E-state index in [1.165, 1.54) is 6.92 Å². The van der Waals surface area contributed by atoms with Gasteiger partial charge in [0.05, 0.1) is 6.61 Å². The maximum Gasteiger partial charge on any atom is 0.320 e. The van der Waals surface area contributed by atoms with Crippen molar-refractivity contribution in [3.63, 3.8) is 0 Å². The second-order valence-corrected chi connectivity index (χ2v) is 14.6. The third-order valence-corrected chi connectivity index (χ3v) is 10.6. The fraction of sp³-hybridized carbons (Fsp3) is 0.652. The number of benzene rings is 1. The molecule has 1 aliphatic heterocycles. The highest BCUT2D eigenvalue weighted by Crippen LogP contribution is 2.40. The van der Waals surface area contributed by atoms with Gasteiger partial charge in [-0.15, -0.1) is 11.6 Å². The largest absolute Gasteiger partial charge is 0.462 e. The van der Waals surface area contributed by atoms with Crippen LogP contribution < -0.4 is 0 Å². The minimum atomic E-state index is -2.41. The SMILES string of the molecule is CC(=O)O[C@@H]1[C@@H](O[Si](C)(C)C(C)(C)C)[C@H](OCc2ccccc2)[C@@H](COC(=O)CCl)O[C@H]1O. The van der Waals surface area contributed by atoms with Crippen molar-refractivity contribution in [2.24, 2.45) is 0 Å². The van der Waals surface area contributed by atoms with Crippen LogP contribution in [0.15, 0.2) is 30.3 Å². The van der Waals surface area contributed by atoms with E-state index in [-0.39, 0.29) is 24.1 Å². The van der Waals surface area contributed by atoms with Gasteiger partial charge in [0.1, 0.15) is 30.8 Å². The van der Waals surface area contributed by atoms with E-state index in [0.717, 1.165) is 5.56 Å². The molecule has 1 saturated heterocycles. The quantitative estimate of drug-likeness (QED) is 0.311. The first kappa shape index (κ1) is 27.7. The highest BCUT2D eigenvalue weighted by molar-refractivity contribution is 6.74. The topological polar surface area (TPSA) is 101 Å². The van der Waals surface area contributed by atoms with Crippen LogP contribution in [0.5, 0.6) is 0 Å². The molecule has 1 N–H and O–H groups in total. The van der Waals surface area contributed by atoms with Gasteiger partial charge in [0.25, 0.3) is 0 Å². The van der Waals surface area contributed by atoms with Gasteiger partial charge < -0.3 is 28.5 Å². The first-order valence-corrected chi connectivity index (χ1v) is 14.4. The smallest absolute Gasteiger partial charge is 0.320 e. The minimum Gasteiger partial charge on any atom is -0.462 e. The lowest BCUT2D eigenvalue weighted by Gasteiger charge is -2.48. The summed E-state index contributed by atoms with van der Waals surface area (Å²) < 4.78 is 29.2. The number of halogens is 1. The van der Waals surface area contributed by atoms with Gasteiger partial charge in [-0.2, -0.15) is 0 Å². The molecule has 0 radical (unpaired) electrons. The third kappa shape index (κ3) is 7.76. The summed E-state index contributed by atoms with van der Waals surface area (Å²) in [5.41, 5.74) is 0.912. The highest BCUT2D eigenvalue weighted by atomic mass is 35.5. The zero-order valence-electron chi connectivity index (χ0n) is 20.1. The monoisotopic (exact) mass is 502 g/mol. The van der Waals surface area contributed by atoms with Crippen LogP contribution in [0, 0.1) is 0 Å². The van der Waals surface area contributed by atoms with Gasteiger partial charge in [0.15, 0.2) is 20.7 Å². The van der Waals surface area contributed by atoms with Crippen LogP contribution in [0.25, 0.3) is 0 Å². The van der Waals surface area contributed by atoms with Crippen molar-refractivity contribution in [1.82, 2.24) is 0 Å². The summed E-state index contributed by atoms with van der Waals surface area (Å²) in [6.07, 6.45) is -5.10. The standard InChI is InChI=1S/C23H35ClO8Si/c1-15(25)30-21-20(32-33(5,6)23(2,3)4)19(29-13-16-10-8-7-9-11-16)17(31-22(21)27)14-28-18(26)12-24/h7-11,17,19-22,27H,12-14H2,1-6H3/t17-,19-,20+,21-,22-/m1/s1. The molecule has 10 heteroatoms. The molecule has 1 aromatic rings. The van der Waals surface area contributed by atoms with E-state index >= 15 is 0 Å². The molecule has 0 aromatic heterocycles. The summed E-state index contributed by atoms with van der Waals surface area (Å²) in [6.45, 7) is 11.6. The van der Waals surface area contributed by atoms with Gasteiger partial charge in [-0.05, 0) is 23.7 Å². The summed E-state index contributed by atoms with van der Waals surface area (Å²) >= 11 is 5.55. The van der Waals surface area contributed by atoms with Crippen molar-refractivity contribution in [2.75, 3.05) is 12.5 Å². The van der Waals surface area contributed by atoms with Crippen molar-refractivity contribution in [2.45, 2.75) is 83.1 Å². The summed E-state index contributed by atoms with van der Waals surface area (Å²) in [5, 5.41) is 10.5. The molecule has 1 heterocycles. The van der Waals surface area contributed by atoms with E-state index in [4.69, 9.17) is 35.0 Å². The predicted octanol–water partition coefficient (Wildman–Crippen LogP) is 3.39. The fourth-order valence-electron chi connectivity index (χ4n) is 3.18. The van der Waals surface area contributed by atoms with E-state index in [9.17, 15) is 14.7 Å². The van der Waals surface area contributed by atoms with Gasteiger partial charge in [-0.1, -0.05) is 51.1 Å². The van der Waals surface area contributed by atoms with Gasteiger partial charge in [-0.3, -0.25) is 9.59 Å². The van der Waals surface area contributed by atoms with Gasteiger partial charge >= 0.3 is 11.9 Å². The summed E-state index contributed by atoms with van der Waals surface area (Å²) in [6, 6.07) is 9.51. The molecular weight excluding hydrogens is 468 g/mol. The van der Waals surface area contributed by atoms with Crippen LogP contribution in [0.4, 0.5) is 0 Å². The maximum atomic E-state index is 11.8. The van der Waals surface area contributed by atoms with Crippen molar-refractivity contribution < 1.29 is 38.1 Å². The number of carbonyl (C=O) groups excluding carboxylic acids is 2. The van der Waals surface area contributed by atoms with Crippen molar-refractivity contribution in [1.29, 1.82) is 0 Å². The Hall–Kier alpha value is -1.49. The normalized spacial score (nSPS) is 26.0. The molecule has 2 rings (SSSR count). The molecule has 186 valence electrons. The third-order valence-electron chi connectivity index (χ3n) is 5.95. The van der Waals surface area contributed by atoms with Crippen molar-refractivity contribution >= 4 is 31.9 Å². The predicted molar refractivity (Wildman–Crippen MR) is 125 cm³/mol. The van der Waals surface area contributed by atoms with Gasteiger partial charge in [0.2, 0.25) is 0 Å². The molecule has 0 bridgehead atoms. The number of esters is 2. The number of aliphatic hydroxyl groups excluding tert-OH is 1. The Labute approximate surface area is 201 Å².